The van der Waals surface area contributed by atoms with Crippen molar-refractivity contribution in [3.05, 3.63) is 22.3 Å². The first-order valence-electron chi connectivity index (χ1n) is 7.37. The average molecular weight is 379 g/mol. The molecular weight excluding hydrogens is 361 g/mol. The number of alkyl halides is 3. The molecule has 2 saturated heterocycles. The lowest BCUT2D eigenvalue weighted by Crippen LogP contribution is -2.51. The van der Waals surface area contributed by atoms with Gasteiger partial charge in [-0.2, -0.15) is 13.2 Å². The smallest absolute Gasteiger partial charge is 0.354 e. The van der Waals surface area contributed by atoms with Crippen LogP contribution in [0.3, 0.4) is 0 Å². The third-order valence-electron chi connectivity index (χ3n) is 4.30. The normalized spacial score (nSPS) is 24.0. The summed E-state index contributed by atoms with van der Waals surface area (Å²) in [5.41, 5.74) is -0.669. The number of hydrogen-bond donors (Lipinski definition) is 1. The predicted octanol–water partition coefficient (Wildman–Crippen LogP) is 2.35. The minimum Gasteiger partial charge on any atom is -0.354 e. The fourth-order valence-corrected chi connectivity index (χ4v) is 3.47. The second kappa shape index (κ2) is 6.33. The molecule has 2 aliphatic rings. The summed E-state index contributed by atoms with van der Waals surface area (Å²) in [5, 5.41) is 3.33. The minimum atomic E-state index is -4.39. The van der Waals surface area contributed by atoms with Gasteiger partial charge in [0.25, 0.3) is 0 Å². The van der Waals surface area contributed by atoms with Gasteiger partial charge >= 0.3 is 6.18 Å². The third kappa shape index (κ3) is 3.38. The van der Waals surface area contributed by atoms with Gasteiger partial charge in [0, 0.05) is 49.4 Å². The van der Waals surface area contributed by atoms with Crippen LogP contribution in [-0.2, 0) is 6.18 Å². The fraction of sp³-hybridized carbons (Fsp3) is 0.643. The highest BCUT2D eigenvalue weighted by Crippen LogP contribution is 2.37. The zero-order valence-corrected chi connectivity index (χ0v) is 13.6. The van der Waals surface area contributed by atoms with Crippen LogP contribution in [0, 0.1) is 0 Å². The van der Waals surface area contributed by atoms with Crippen LogP contribution in [0.15, 0.2) is 16.7 Å². The monoisotopic (exact) mass is 378 g/mol. The SMILES string of the molecule is FC(F)(F)c1cc(Br)cnc1N1CCN(C2CCNC2)CC1. The number of pyridine rings is 1. The van der Waals surface area contributed by atoms with E-state index < -0.39 is 11.7 Å². The molecule has 1 N–H and O–H groups in total. The molecule has 1 aromatic rings. The number of piperazine rings is 1. The molecule has 3 rings (SSSR count). The molecule has 122 valence electrons. The molecule has 0 aliphatic carbocycles. The predicted molar refractivity (Wildman–Crippen MR) is 82.0 cm³/mol. The van der Waals surface area contributed by atoms with Gasteiger partial charge in [-0.25, -0.2) is 4.98 Å². The van der Waals surface area contributed by atoms with Crippen molar-refractivity contribution in [3.8, 4) is 0 Å². The van der Waals surface area contributed by atoms with E-state index in [1.165, 1.54) is 6.20 Å². The van der Waals surface area contributed by atoms with Gasteiger partial charge in [-0.1, -0.05) is 0 Å². The number of rotatable bonds is 2. The zero-order chi connectivity index (χ0) is 15.7. The second-order valence-corrected chi connectivity index (χ2v) is 6.61. The Morgan fingerprint density at radius 1 is 1.23 bits per heavy atom. The topological polar surface area (TPSA) is 31.4 Å². The van der Waals surface area contributed by atoms with E-state index in [2.05, 4.69) is 31.1 Å². The Hall–Kier alpha value is -0.860. The number of hydrogen-bond acceptors (Lipinski definition) is 4. The largest absolute Gasteiger partial charge is 0.419 e. The molecule has 0 saturated carbocycles. The Bertz CT molecular complexity index is 523. The zero-order valence-electron chi connectivity index (χ0n) is 12.0. The van der Waals surface area contributed by atoms with E-state index in [1.54, 1.807) is 4.90 Å². The molecule has 1 atom stereocenters. The van der Waals surface area contributed by atoms with Crippen LogP contribution in [0.4, 0.5) is 19.0 Å². The molecule has 3 heterocycles. The van der Waals surface area contributed by atoms with E-state index in [4.69, 9.17) is 0 Å². The number of nitrogens with one attached hydrogen (secondary N) is 1. The first-order valence-corrected chi connectivity index (χ1v) is 8.17. The molecule has 22 heavy (non-hydrogen) atoms. The number of aromatic nitrogens is 1. The number of nitrogens with zero attached hydrogens (tertiary/aromatic N) is 3. The maximum absolute atomic E-state index is 13.2. The van der Waals surface area contributed by atoms with Crippen molar-refractivity contribution in [1.82, 2.24) is 15.2 Å². The Kier molecular flexibility index (Phi) is 4.61. The Morgan fingerprint density at radius 3 is 2.55 bits per heavy atom. The van der Waals surface area contributed by atoms with E-state index in [0.29, 0.717) is 23.6 Å². The van der Waals surface area contributed by atoms with Crippen molar-refractivity contribution in [2.75, 3.05) is 44.2 Å². The fourth-order valence-electron chi connectivity index (χ4n) is 3.14. The highest BCUT2D eigenvalue weighted by molar-refractivity contribution is 9.10. The maximum atomic E-state index is 13.2. The van der Waals surface area contributed by atoms with Crippen molar-refractivity contribution < 1.29 is 13.2 Å². The summed E-state index contributed by atoms with van der Waals surface area (Å²) in [6.45, 7) is 4.72. The molecule has 0 bridgehead atoms. The van der Waals surface area contributed by atoms with Crippen LogP contribution < -0.4 is 10.2 Å². The van der Waals surface area contributed by atoms with E-state index in [0.717, 1.165) is 38.7 Å². The van der Waals surface area contributed by atoms with Crippen LogP contribution >= 0.6 is 15.9 Å². The van der Waals surface area contributed by atoms with Gasteiger partial charge in [0.2, 0.25) is 0 Å². The van der Waals surface area contributed by atoms with Crippen molar-refractivity contribution >= 4 is 21.7 Å². The van der Waals surface area contributed by atoms with Crippen LogP contribution in [0.2, 0.25) is 0 Å². The minimum absolute atomic E-state index is 0.0416. The highest BCUT2D eigenvalue weighted by atomic mass is 79.9. The van der Waals surface area contributed by atoms with Gasteiger partial charge in [0.05, 0.1) is 5.56 Å². The van der Waals surface area contributed by atoms with E-state index >= 15 is 0 Å². The summed E-state index contributed by atoms with van der Waals surface area (Å²) in [4.78, 5) is 8.13. The van der Waals surface area contributed by atoms with Gasteiger partial charge in [-0.05, 0) is 35.0 Å². The molecule has 0 spiro atoms. The van der Waals surface area contributed by atoms with E-state index in [1.807, 2.05) is 0 Å². The molecule has 1 aromatic heterocycles. The Morgan fingerprint density at radius 2 is 1.95 bits per heavy atom. The van der Waals surface area contributed by atoms with Gasteiger partial charge in [-0.3, -0.25) is 4.90 Å². The van der Waals surface area contributed by atoms with Gasteiger partial charge in [0.15, 0.2) is 0 Å². The summed E-state index contributed by atoms with van der Waals surface area (Å²) < 4.78 is 39.9. The first-order chi connectivity index (χ1) is 10.4. The average Bonchev–Trinajstić information content (AvgIpc) is 3.01. The molecular formula is C14H18BrF3N4. The van der Waals surface area contributed by atoms with Crippen LogP contribution in [0.25, 0.3) is 0 Å². The Balaban J connectivity index is 1.73. The van der Waals surface area contributed by atoms with E-state index in [9.17, 15) is 13.2 Å². The first kappa shape index (κ1) is 16.0. The molecule has 8 heteroatoms. The van der Waals surface area contributed by atoms with Crippen LogP contribution in [0.1, 0.15) is 12.0 Å². The lowest BCUT2D eigenvalue weighted by Gasteiger charge is -2.39. The second-order valence-electron chi connectivity index (χ2n) is 5.69. The van der Waals surface area contributed by atoms with Crippen molar-refractivity contribution in [3.63, 3.8) is 0 Å². The van der Waals surface area contributed by atoms with Crippen LogP contribution in [-0.4, -0.2) is 55.2 Å². The molecule has 2 fully saturated rings. The molecule has 0 radical (unpaired) electrons. The summed E-state index contributed by atoms with van der Waals surface area (Å²) >= 11 is 3.07. The summed E-state index contributed by atoms with van der Waals surface area (Å²) in [7, 11) is 0. The van der Waals surface area contributed by atoms with E-state index in [-0.39, 0.29) is 5.82 Å². The van der Waals surface area contributed by atoms with Crippen molar-refractivity contribution in [2.24, 2.45) is 0 Å². The van der Waals surface area contributed by atoms with Crippen molar-refractivity contribution in [1.29, 1.82) is 0 Å². The number of anilines is 1. The maximum Gasteiger partial charge on any atom is 0.419 e. The third-order valence-corrected chi connectivity index (χ3v) is 4.74. The molecule has 4 nitrogen and oxygen atoms in total. The van der Waals surface area contributed by atoms with Gasteiger partial charge in [0.1, 0.15) is 5.82 Å². The quantitative estimate of drug-likeness (QED) is 0.855. The highest BCUT2D eigenvalue weighted by Gasteiger charge is 2.37. The number of halogens is 4. The van der Waals surface area contributed by atoms with Crippen LogP contribution in [0.5, 0.6) is 0 Å². The molecule has 0 amide bonds. The van der Waals surface area contributed by atoms with Crippen molar-refractivity contribution in [2.45, 2.75) is 18.6 Å². The summed E-state index contributed by atoms with van der Waals surface area (Å²) in [6.07, 6.45) is -1.85. The summed E-state index contributed by atoms with van der Waals surface area (Å²) in [6, 6.07) is 1.62. The lowest BCUT2D eigenvalue weighted by molar-refractivity contribution is -0.137. The molecule has 1 unspecified atom stereocenters. The molecule has 0 aromatic carbocycles. The Labute approximate surface area is 135 Å². The standard InChI is InChI=1S/C14H18BrF3N4/c15-10-7-12(14(16,17)18)13(20-8-10)22-5-3-21(4-6-22)11-1-2-19-9-11/h7-8,11,19H,1-6,9H2. The van der Waals surface area contributed by atoms with Gasteiger partial charge in [-0.15, -0.1) is 0 Å². The lowest BCUT2D eigenvalue weighted by atomic mass is 10.1. The molecule has 2 aliphatic heterocycles. The van der Waals surface area contributed by atoms with Gasteiger partial charge < -0.3 is 10.2 Å². The summed E-state index contributed by atoms with van der Waals surface area (Å²) in [5.74, 6) is 0.0416.